The number of thioether (sulfide) groups is 1. The number of likely N-dealkylation sites (N-methyl/N-ethyl adjacent to an activating group) is 1. The highest BCUT2D eigenvalue weighted by atomic mass is 32.2. The molecule has 150 valence electrons. The molecule has 8 heteroatoms. The van der Waals surface area contributed by atoms with E-state index in [1.165, 1.54) is 11.8 Å². The molecule has 3 aromatic rings. The first kappa shape index (κ1) is 20.6. The highest BCUT2D eigenvalue weighted by molar-refractivity contribution is 7.98. The number of pyridine rings is 1. The van der Waals surface area contributed by atoms with Crippen LogP contribution in [-0.4, -0.2) is 35.2 Å². The fourth-order valence-electron chi connectivity index (χ4n) is 2.68. The van der Waals surface area contributed by atoms with Crippen molar-refractivity contribution in [1.29, 1.82) is 0 Å². The zero-order valence-corrected chi connectivity index (χ0v) is 17.0. The molecule has 0 atom stereocenters. The zero-order chi connectivity index (χ0) is 20.6. The van der Waals surface area contributed by atoms with Crippen LogP contribution in [0.2, 0.25) is 0 Å². The number of benzene rings is 1. The molecule has 1 amide bonds. The Morgan fingerprint density at radius 2 is 1.97 bits per heavy atom. The lowest BCUT2D eigenvalue weighted by atomic mass is 10.3. The summed E-state index contributed by atoms with van der Waals surface area (Å²) >= 11 is 1.35. The predicted molar refractivity (Wildman–Crippen MR) is 110 cm³/mol. The van der Waals surface area contributed by atoms with E-state index in [0.717, 1.165) is 17.1 Å². The molecule has 0 saturated heterocycles. The van der Waals surface area contributed by atoms with Crippen molar-refractivity contribution in [3.8, 4) is 0 Å². The van der Waals surface area contributed by atoms with E-state index < -0.39 is 5.97 Å². The SMILES string of the molecule is CCN(C(=O)COC(=O)c1cccnc1SCc1cc(C)on1)c1ccccc1. The number of aromatic nitrogens is 2. The van der Waals surface area contributed by atoms with E-state index in [0.29, 0.717) is 22.9 Å². The van der Waals surface area contributed by atoms with Crippen molar-refractivity contribution in [2.24, 2.45) is 0 Å². The number of nitrogens with zero attached hydrogens (tertiary/aromatic N) is 3. The summed E-state index contributed by atoms with van der Waals surface area (Å²) in [6, 6.07) is 14.4. The summed E-state index contributed by atoms with van der Waals surface area (Å²) in [4.78, 5) is 30.9. The van der Waals surface area contributed by atoms with Crippen molar-refractivity contribution in [3.05, 3.63) is 71.7 Å². The zero-order valence-electron chi connectivity index (χ0n) is 16.2. The number of aryl methyl sites for hydroxylation is 1. The molecule has 0 aliphatic rings. The number of esters is 1. The smallest absolute Gasteiger partial charge is 0.341 e. The van der Waals surface area contributed by atoms with Crippen molar-refractivity contribution in [1.82, 2.24) is 10.1 Å². The van der Waals surface area contributed by atoms with Gasteiger partial charge in [-0.3, -0.25) is 4.79 Å². The molecular formula is C21H21N3O4S. The molecule has 0 unspecified atom stereocenters. The minimum absolute atomic E-state index is 0.289. The van der Waals surface area contributed by atoms with E-state index >= 15 is 0 Å². The van der Waals surface area contributed by atoms with Crippen molar-refractivity contribution in [3.63, 3.8) is 0 Å². The Balaban J connectivity index is 1.62. The van der Waals surface area contributed by atoms with Gasteiger partial charge in [-0.15, -0.1) is 0 Å². The van der Waals surface area contributed by atoms with Gasteiger partial charge in [-0.1, -0.05) is 35.1 Å². The normalized spacial score (nSPS) is 10.6. The molecule has 29 heavy (non-hydrogen) atoms. The second-order valence-electron chi connectivity index (χ2n) is 6.12. The van der Waals surface area contributed by atoms with Gasteiger partial charge in [-0.05, 0) is 38.1 Å². The molecule has 0 aliphatic heterocycles. The van der Waals surface area contributed by atoms with E-state index in [9.17, 15) is 9.59 Å². The summed E-state index contributed by atoms with van der Waals surface area (Å²) in [7, 11) is 0. The Kier molecular flexibility index (Phi) is 7.02. The molecule has 0 fully saturated rings. The van der Waals surface area contributed by atoms with Crippen LogP contribution in [0.15, 0.2) is 64.3 Å². The van der Waals surface area contributed by atoms with Crippen molar-refractivity contribution >= 4 is 29.3 Å². The van der Waals surface area contributed by atoms with Gasteiger partial charge in [0, 0.05) is 30.2 Å². The van der Waals surface area contributed by atoms with Gasteiger partial charge in [0.05, 0.1) is 11.3 Å². The van der Waals surface area contributed by atoms with Crippen LogP contribution in [0.4, 0.5) is 5.69 Å². The molecule has 1 aromatic carbocycles. The van der Waals surface area contributed by atoms with E-state index in [2.05, 4.69) is 10.1 Å². The van der Waals surface area contributed by atoms with Crippen molar-refractivity contribution in [2.75, 3.05) is 18.1 Å². The number of ether oxygens (including phenoxy) is 1. The topological polar surface area (TPSA) is 85.5 Å². The van der Waals surface area contributed by atoms with Gasteiger partial charge in [0.2, 0.25) is 0 Å². The van der Waals surface area contributed by atoms with Gasteiger partial charge in [0.25, 0.3) is 5.91 Å². The highest BCUT2D eigenvalue weighted by Crippen LogP contribution is 2.24. The first-order valence-electron chi connectivity index (χ1n) is 9.11. The van der Waals surface area contributed by atoms with Gasteiger partial charge in [-0.25, -0.2) is 9.78 Å². The summed E-state index contributed by atoms with van der Waals surface area (Å²) in [6.45, 7) is 3.82. The quantitative estimate of drug-likeness (QED) is 0.411. The molecular weight excluding hydrogens is 390 g/mol. The molecule has 0 radical (unpaired) electrons. The number of carbonyl (C=O) groups is 2. The number of amides is 1. The molecule has 2 aromatic heterocycles. The van der Waals surface area contributed by atoms with Gasteiger partial charge < -0.3 is 14.2 Å². The third-order valence-corrected chi connectivity index (χ3v) is 5.08. The third kappa shape index (κ3) is 5.45. The fraction of sp³-hybridized carbons (Fsp3) is 0.238. The van der Waals surface area contributed by atoms with E-state index in [4.69, 9.17) is 9.26 Å². The van der Waals surface area contributed by atoms with Crippen LogP contribution in [0.3, 0.4) is 0 Å². The van der Waals surface area contributed by atoms with Crippen LogP contribution in [0.5, 0.6) is 0 Å². The lowest BCUT2D eigenvalue weighted by Crippen LogP contribution is -2.34. The number of hydrogen-bond acceptors (Lipinski definition) is 7. The maximum atomic E-state index is 12.6. The summed E-state index contributed by atoms with van der Waals surface area (Å²) in [5.74, 6) is 0.349. The van der Waals surface area contributed by atoms with Crippen LogP contribution < -0.4 is 4.90 Å². The summed E-state index contributed by atoms with van der Waals surface area (Å²) in [5, 5.41) is 4.45. The molecule has 0 saturated carbocycles. The summed E-state index contributed by atoms with van der Waals surface area (Å²) in [5.41, 5.74) is 1.83. The Labute approximate surface area is 173 Å². The summed E-state index contributed by atoms with van der Waals surface area (Å²) < 4.78 is 10.3. The number of hydrogen-bond donors (Lipinski definition) is 0. The average molecular weight is 411 g/mol. The highest BCUT2D eigenvalue weighted by Gasteiger charge is 2.19. The van der Waals surface area contributed by atoms with Crippen LogP contribution in [0.1, 0.15) is 28.7 Å². The maximum absolute atomic E-state index is 12.6. The van der Waals surface area contributed by atoms with Crippen LogP contribution in [0.25, 0.3) is 0 Å². The minimum atomic E-state index is -0.589. The van der Waals surface area contributed by atoms with Crippen molar-refractivity contribution in [2.45, 2.75) is 24.6 Å². The molecule has 3 rings (SSSR count). The van der Waals surface area contributed by atoms with Gasteiger partial charge in [-0.2, -0.15) is 0 Å². The average Bonchev–Trinajstić information content (AvgIpc) is 3.17. The fourth-order valence-corrected chi connectivity index (χ4v) is 3.55. The molecule has 0 N–H and O–H groups in total. The minimum Gasteiger partial charge on any atom is -0.452 e. The van der Waals surface area contributed by atoms with Crippen LogP contribution in [0, 0.1) is 6.92 Å². The molecule has 2 heterocycles. The summed E-state index contributed by atoms with van der Waals surface area (Å²) in [6.07, 6.45) is 1.60. The second kappa shape index (κ2) is 9.88. The third-order valence-electron chi connectivity index (χ3n) is 4.04. The van der Waals surface area contributed by atoms with E-state index in [1.54, 1.807) is 23.2 Å². The van der Waals surface area contributed by atoms with Gasteiger partial charge in [0.1, 0.15) is 10.8 Å². The lowest BCUT2D eigenvalue weighted by Gasteiger charge is -2.20. The molecule has 0 bridgehead atoms. The van der Waals surface area contributed by atoms with Crippen LogP contribution in [-0.2, 0) is 15.3 Å². The lowest BCUT2D eigenvalue weighted by molar-refractivity contribution is -0.121. The molecule has 0 aliphatic carbocycles. The van der Waals surface area contributed by atoms with Crippen LogP contribution >= 0.6 is 11.8 Å². The van der Waals surface area contributed by atoms with Crippen molar-refractivity contribution < 1.29 is 18.8 Å². The number of rotatable bonds is 8. The number of para-hydroxylation sites is 1. The second-order valence-corrected chi connectivity index (χ2v) is 7.09. The van der Waals surface area contributed by atoms with E-state index in [1.807, 2.05) is 50.2 Å². The largest absolute Gasteiger partial charge is 0.452 e. The molecule has 7 nitrogen and oxygen atoms in total. The number of carbonyl (C=O) groups excluding carboxylic acids is 2. The predicted octanol–water partition coefficient (Wildman–Crippen LogP) is 3.88. The van der Waals surface area contributed by atoms with E-state index in [-0.39, 0.29) is 12.5 Å². The number of anilines is 1. The standard InChI is InChI=1S/C21H21N3O4S/c1-3-24(17-8-5-4-6-9-17)19(25)13-27-21(26)18-10-7-11-22-20(18)29-14-16-12-15(2)28-23-16/h4-12H,3,13-14H2,1-2H3. The Morgan fingerprint density at radius 3 is 2.66 bits per heavy atom. The Bertz CT molecular complexity index is 975. The molecule has 0 spiro atoms. The first-order chi connectivity index (χ1) is 14.1. The first-order valence-corrected chi connectivity index (χ1v) is 10.1. The Hall–Kier alpha value is -3.13. The van der Waals surface area contributed by atoms with Gasteiger partial charge in [0.15, 0.2) is 6.61 Å². The maximum Gasteiger partial charge on any atom is 0.341 e. The monoisotopic (exact) mass is 411 g/mol. The van der Waals surface area contributed by atoms with Gasteiger partial charge >= 0.3 is 5.97 Å². The Morgan fingerprint density at radius 1 is 1.17 bits per heavy atom.